The third-order valence-corrected chi connectivity index (χ3v) is 3.70. The molecule has 2 atom stereocenters. The Bertz CT molecular complexity index is 313. The van der Waals surface area contributed by atoms with Crippen LogP contribution in [0.3, 0.4) is 0 Å². The Morgan fingerprint density at radius 3 is 2.93 bits per heavy atom. The van der Waals surface area contributed by atoms with Gasteiger partial charge >= 0.3 is 0 Å². The van der Waals surface area contributed by atoms with Crippen LogP contribution in [-0.2, 0) is 0 Å². The summed E-state index contributed by atoms with van der Waals surface area (Å²) in [6.07, 6.45) is 6.05. The van der Waals surface area contributed by atoms with E-state index in [-0.39, 0.29) is 12.1 Å². The minimum Gasteiger partial charge on any atom is -0.465 e. The molecule has 2 N–H and O–H groups in total. The zero-order valence-corrected chi connectivity index (χ0v) is 9.93. The molecule has 0 aromatic carbocycles. The van der Waals surface area contributed by atoms with Crippen LogP contribution in [-0.4, -0.2) is 17.1 Å². The van der Waals surface area contributed by atoms with Crippen LogP contribution in [0.25, 0.3) is 0 Å². The summed E-state index contributed by atoms with van der Waals surface area (Å²) < 4.78 is 5.85. The van der Waals surface area contributed by atoms with Crippen molar-refractivity contribution in [2.24, 2.45) is 5.73 Å². The Labute approximate surface area is 94.7 Å². The van der Waals surface area contributed by atoms with Crippen LogP contribution < -0.4 is 10.5 Å². The summed E-state index contributed by atoms with van der Waals surface area (Å²) in [4.78, 5) is 4.31. The van der Waals surface area contributed by atoms with Gasteiger partial charge in [0.15, 0.2) is 0 Å². The average Bonchev–Trinajstić information content (AvgIpc) is 2.50. The molecular formula is C11H18N2OS. The minimum atomic E-state index is 0.165. The highest BCUT2D eigenvalue weighted by molar-refractivity contribution is 7.11. The molecule has 0 amide bonds. The lowest BCUT2D eigenvalue weighted by molar-refractivity contribution is 0.162. The van der Waals surface area contributed by atoms with Crippen LogP contribution in [0.5, 0.6) is 5.19 Å². The second kappa shape index (κ2) is 4.94. The number of nitrogens with two attached hydrogens (primary N) is 1. The van der Waals surface area contributed by atoms with Gasteiger partial charge in [0.05, 0.1) is 5.69 Å². The maximum absolute atomic E-state index is 6.09. The predicted octanol–water partition coefficient (Wildman–Crippen LogP) is 2.49. The smallest absolute Gasteiger partial charge is 0.273 e. The molecule has 3 nitrogen and oxygen atoms in total. The fourth-order valence-corrected chi connectivity index (χ4v) is 2.66. The van der Waals surface area contributed by atoms with E-state index in [4.69, 9.17) is 10.5 Å². The monoisotopic (exact) mass is 226 g/mol. The fourth-order valence-electron chi connectivity index (χ4n) is 1.96. The van der Waals surface area contributed by atoms with Crippen LogP contribution in [0.4, 0.5) is 0 Å². The number of aryl methyl sites for hydroxylation is 1. The lowest BCUT2D eigenvalue weighted by atomic mass is 10.1. The molecule has 2 unspecified atom stereocenters. The molecule has 1 fully saturated rings. The van der Waals surface area contributed by atoms with Crippen molar-refractivity contribution in [1.82, 2.24) is 4.98 Å². The van der Waals surface area contributed by atoms with E-state index in [1.165, 1.54) is 19.3 Å². The van der Waals surface area contributed by atoms with Crippen molar-refractivity contribution >= 4 is 11.3 Å². The molecule has 1 saturated carbocycles. The van der Waals surface area contributed by atoms with Crippen LogP contribution in [0.1, 0.15) is 37.8 Å². The molecule has 0 bridgehead atoms. The lowest BCUT2D eigenvalue weighted by Crippen LogP contribution is -2.37. The predicted molar refractivity (Wildman–Crippen MR) is 62.3 cm³/mol. The first-order chi connectivity index (χ1) is 7.25. The second-order valence-corrected chi connectivity index (χ2v) is 5.03. The van der Waals surface area contributed by atoms with Crippen molar-refractivity contribution in [3.63, 3.8) is 0 Å². The Morgan fingerprint density at radius 2 is 2.20 bits per heavy atom. The zero-order valence-electron chi connectivity index (χ0n) is 9.11. The lowest BCUT2D eigenvalue weighted by Gasteiger charge is -2.20. The molecule has 0 radical (unpaired) electrons. The summed E-state index contributed by atoms with van der Waals surface area (Å²) in [6.45, 7) is 1.98. The molecule has 0 spiro atoms. The highest BCUT2D eigenvalue weighted by Gasteiger charge is 2.22. The first-order valence-electron chi connectivity index (χ1n) is 5.60. The molecule has 1 aliphatic rings. The van der Waals surface area contributed by atoms with Crippen molar-refractivity contribution in [1.29, 1.82) is 0 Å². The van der Waals surface area contributed by atoms with Crippen molar-refractivity contribution in [3.8, 4) is 5.19 Å². The third-order valence-electron chi connectivity index (χ3n) is 2.85. The van der Waals surface area contributed by atoms with Crippen molar-refractivity contribution in [3.05, 3.63) is 11.1 Å². The minimum absolute atomic E-state index is 0.165. The Balaban J connectivity index is 1.97. The van der Waals surface area contributed by atoms with E-state index in [1.54, 1.807) is 11.3 Å². The molecule has 0 saturated heterocycles. The molecule has 1 aromatic rings. The normalized spacial score (nSPS) is 27.3. The molecule has 0 aliphatic heterocycles. The molecule has 84 valence electrons. The van der Waals surface area contributed by atoms with Gasteiger partial charge in [-0.3, -0.25) is 0 Å². The Hall–Kier alpha value is -0.610. The quantitative estimate of drug-likeness (QED) is 0.788. The van der Waals surface area contributed by atoms with E-state index < -0.39 is 0 Å². The number of hydrogen-bond donors (Lipinski definition) is 1. The molecule has 15 heavy (non-hydrogen) atoms. The van der Waals surface area contributed by atoms with Crippen molar-refractivity contribution in [2.75, 3.05) is 0 Å². The van der Waals surface area contributed by atoms with Gasteiger partial charge in [-0.15, -0.1) is 0 Å². The molecule has 1 aromatic heterocycles. The number of aromatic nitrogens is 1. The third kappa shape index (κ3) is 2.92. The van der Waals surface area contributed by atoms with Gasteiger partial charge in [-0.05, 0) is 26.2 Å². The Kier molecular flexibility index (Phi) is 3.59. The van der Waals surface area contributed by atoms with Crippen LogP contribution >= 0.6 is 11.3 Å². The highest BCUT2D eigenvalue weighted by atomic mass is 32.1. The van der Waals surface area contributed by atoms with E-state index in [1.807, 2.05) is 12.3 Å². The molecular weight excluding hydrogens is 208 g/mol. The van der Waals surface area contributed by atoms with E-state index >= 15 is 0 Å². The maximum atomic E-state index is 6.09. The number of thiazole rings is 1. The maximum Gasteiger partial charge on any atom is 0.273 e. The number of hydrogen-bond acceptors (Lipinski definition) is 4. The van der Waals surface area contributed by atoms with Gasteiger partial charge < -0.3 is 10.5 Å². The molecule has 4 heteroatoms. The van der Waals surface area contributed by atoms with Gasteiger partial charge in [0.2, 0.25) is 0 Å². The van der Waals surface area contributed by atoms with Gasteiger partial charge in [-0.2, -0.15) is 0 Å². The summed E-state index contributed by atoms with van der Waals surface area (Å²) in [5.74, 6) is 0. The molecule has 1 heterocycles. The van der Waals surface area contributed by atoms with Crippen LogP contribution in [0, 0.1) is 6.92 Å². The van der Waals surface area contributed by atoms with Gasteiger partial charge in [-0.25, -0.2) is 4.98 Å². The average molecular weight is 226 g/mol. The second-order valence-electron chi connectivity index (χ2n) is 4.21. The van der Waals surface area contributed by atoms with Crippen LogP contribution in [0.2, 0.25) is 0 Å². The first kappa shape index (κ1) is 10.9. The van der Waals surface area contributed by atoms with E-state index in [2.05, 4.69) is 4.98 Å². The zero-order chi connectivity index (χ0) is 10.7. The highest BCUT2D eigenvalue weighted by Crippen LogP contribution is 2.24. The van der Waals surface area contributed by atoms with Gasteiger partial charge in [0, 0.05) is 11.4 Å². The van der Waals surface area contributed by atoms with E-state index in [0.717, 1.165) is 23.7 Å². The largest absolute Gasteiger partial charge is 0.465 e. The van der Waals surface area contributed by atoms with Crippen molar-refractivity contribution in [2.45, 2.75) is 51.2 Å². The summed E-state index contributed by atoms with van der Waals surface area (Å²) in [7, 11) is 0. The molecule has 1 aliphatic carbocycles. The summed E-state index contributed by atoms with van der Waals surface area (Å²) in [5, 5.41) is 2.78. The number of nitrogens with zero attached hydrogens (tertiary/aromatic N) is 1. The molecule has 2 rings (SSSR count). The first-order valence-corrected chi connectivity index (χ1v) is 6.48. The van der Waals surface area contributed by atoms with Gasteiger partial charge in [0.1, 0.15) is 6.10 Å². The standard InChI is InChI=1S/C11H18N2OS/c1-8-7-15-11(13-8)14-10-6-4-2-3-5-9(10)12/h7,9-10H,2-6,12H2,1H3. The van der Waals surface area contributed by atoms with Crippen molar-refractivity contribution < 1.29 is 4.74 Å². The summed E-state index contributed by atoms with van der Waals surface area (Å²) in [5.41, 5.74) is 7.11. The van der Waals surface area contributed by atoms with E-state index in [9.17, 15) is 0 Å². The number of rotatable bonds is 2. The van der Waals surface area contributed by atoms with Gasteiger partial charge in [0.25, 0.3) is 5.19 Å². The SMILES string of the molecule is Cc1csc(OC2CCCCCC2N)n1. The Morgan fingerprint density at radius 1 is 1.40 bits per heavy atom. The van der Waals surface area contributed by atoms with Crippen LogP contribution in [0.15, 0.2) is 5.38 Å². The fraction of sp³-hybridized carbons (Fsp3) is 0.727. The summed E-state index contributed by atoms with van der Waals surface area (Å²) in [6, 6.07) is 0.178. The number of ether oxygens (including phenoxy) is 1. The van der Waals surface area contributed by atoms with Gasteiger partial charge in [-0.1, -0.05) is 24.2 Å². The summed E-state index contributed by atoms with van der Waals surface area (Å²) >= 11 is 1.56. The topological polar surface area (TPSA) is 48.1 Å². The van der Waals surface area contributed by atoms with E-state index in [0.29, 0.717) is 0 Å².